The van der Waals surface area contributed by atoms with E-state index < -0.39 is 16.4 Å². The first-order valence-electron chi connectivity index (χ1n) is 6.92. The van der Waals surface area contributed by atoms with E-state index in [1.807, 2.05) is 0 Å². The van der Waals surface area contributed by atoms with Crippen LogP contribution >= 0.6 is 0 Å². The van der Waals surface area contributed by atoms with Crippen molar-refractivity contribution in [2.75, 3.05) is 0 Å². The standard InChI is InChI=1S/C14H17FN2O3/c15-14-9(2-1-3-13(14)17(19)20)8-16-10-4-5-11(16)7-12(18)6-10/h1-3,10-12,18H,4-8H2. The molecule has 5 nitrogen and oxygen atoms in total. The van der Waals surface area contributed by atoms with Crippen molar-refractivity contribution in [2.24, 2.45) is 0 Å². The van der Waals surface area contributed by atoms with Gasteiger partial charge in [0.2, 0.25) is 5.82 Å². The number of hydrogen-bond acceptors (Lipinski definition) is 4. The minimum absolute atomic E-state index is 0.265. The summed E-state index contributed by atoms with van der Waals surface area (Å²) in [5.74, 6) is -0.733. The van der Waals surface area contributed by atoms with Crippen molar-refractivity contribution in [1.29, 1.82) is 0 Å². The van der Waals surface area contributed by atoms with Crippen LogP contribution in [-0.4, -0.2) is 33.1 Å². The van der Waals surface area contributed by atoms with E-state index in [0.717, 1.165) is 12.8 Å². The number of aliphatic hydroxyl groups excluding tert-OH is 1. The topological polar surface area (TPSA) is 66.6 Å². The molecule has 2 heterocycles. The molecule has 1 N–H and O–H groups in total. The van der Waals surface area contributed by atoms with Gasteiger partial charge in [0.05, 0.1) is 11.0 Å². The highest BCUT2D eigenvalue weighted by molar-refractivity contribution is 5.36. The van der Waals surface area contributed by atoms with Crippen LogP contribution in [0.2, 0.25) is 0 Å². The SMILES string of the molecule is O=[N+]([O-])c1cccc(CN2C3CCC2CC(O)C3)c1F. The van der Waals surface area contributed by atoms with Gasteiger partial charge in [-0.3, -0.25) is 15.0 Å². The van der Waals surface area contributed by atoms with E-state index in [4.69, 9.17) is 0 Å². The van der Waals surface area contributed by atoms with E-state index in [1.54, 1.807) is 6.07 Å². The van der Waals surface area contributed by atoms with Gasteiger partial charge in [0, 0.05) is 30.3 Å². The molecule has 3 rings (SSSR count). The monoisotopic (exact) mass is 280 g/mol. The van der Waals surface area contributed by atoms with Crippen molar-refractivity contribution >= 4 is 5.69 Å². The molecule has 2 aliphatic heterocycles. The van der Waals surface area contributed by atoms with Crippen LogP contribution in [0.4, 0.5) is 10.1 Å². The molecule has 1 aromatic rings. The fraction of sp³-hybridized carbons (Fsp3) is 0.571. The minimum Gasteiger partial charge on any atom is -0.393 e. The highest BCUT2D eigenvalue weighted by Crippen LogP contribution is 2.37. The molecule has 2 atom stereocenters. The van der Waals surface area contributed by atoms with Crippen molar-refractivity contribution < 1.29 is 14.4 Å². The van der Waals surface area contributed by atoms with Gasteiger partial charge >= 0.3 is 5.69 Å². The lowest BCUT2D eigenvalue weighted by Crippen LogP contribution is -2.44. The van der Waals surface area contributed by atoms with Gasteiger partial charge in [0.1, 0.15) is 0 Å². The predicted octanol–water partition coefficient (Wildman–Crippen LogP) is 2.22. The molecule has 0 saturated carbocycles. The molecule has 0 spiro atoms. The average Bonchev–Trinajstić information content (AvgIpc) is 2.64. The highest BCUT2D eigenvalue weighted by atomic mass is 19.1. The Kier molecular flexibility index (Phi) is 3.43. The van der Waals surface area contributed by atoms with E-state index >= 15 is 0 Å². The van der Waals surface area contributed by atoms with Crippen LogP contribution in [0.1, 0.15) is 31.2 Å². The second-order valence-electron chi connectivity index (χ2n) is 5.69. The van der Waals surface area contributed by atoms with Gasteiger partial charge in [0.25, 0.3) is 0 Å². The molecule has 1 aromatic carbocycles. The lowest BCUT2D eigenvalue weighted by molar-refractivity contribution is -0.387. The zero-order valence-corrected chi connectivity index (χ0v) is 11.0. The van der Waals surface area contributed by atoms with Crippen LogP contribution in [0.25, 0.3) is 0 Å². The first-order chi connectivity index (χ1) is 9.56. The molecule has 2 unspecified atom stereocenters. The van der Waals surface area contributed by atoms with Crippen LogP contribution < -0.4 is 0 Å². The number of piperidine rings is 1. The Morgan fingerprint density at radius 2 is 2.00 bits per heavy atom. The lowest BCUT2D eigenvalue weighted by atomic mass is 9.99. The van der Waals surface area contributed by atoms with Crippen LogP contribution in [0.3, 0.4) is 0 Å². The van der Waals surface area contributed by atoms with Crippen LogP contribution in [0, 0.1) is 15.9 Å². The third kappa shape index (κ3) is 2.29. The number of benzene rings is 1. The van der Waals surface area contributed by atoms with Gasteiger partial charge in [-0.1, -0.05) is 12.1 Å². The first kappa shape index (κ1) is 13.5. The molecule has 108 valence electrons. The van der Waals surface area contributed by atoms with Gasteiger partial charge in [-0.15, -0.1) is 0 Å². The van der Waals surface area contributed by atoms with E-state index in [1.165, 1.54) is 12.1 Å². The summed E-state index contributed by atoms with van der Waals surface area (Å²) in [7, 11) is 0. The van der Waals surface area contributed by atoms with Crippen LogP contribution in [-0.2, 0) is 6.54 Å². The smallest absolute Gasteiger partial charge is 0.305 e. The highest BCUT2D eigenvalue weighted by Gasteiger charge is 2.40. The molecular weight excluding hydrogens is 263 g/mol. The predicted molar refractivity (Wildman–Crippen MR) is 70.6 cm³/mol. The number of nitrogens with zero attached hydrogens (tertiary/aromatic N) is 2. The fourth-order valence-electron chi connectivity index (χ4n) is 3.53. The van der Waals surface area contributed by atoms with Gasteiger partial charge in [-0.25, -0.2) is 0 Å². The van der Waals surface area contributed by atoms with Crippen molar-refractivity contribution in [1.82, 2.24) is 4.90 Å². The summed E-state index contributed by atoms with van der Waals surface area (Å²) >= 11 is 0. The van der Waals surface area contributed by atoms with Crippen LogP contribution in [0.15, 0.2) is 18.2 Å². The second kappa shape index (κ2) is 5.10. The van der Waals surface area contributed by atoms with Crippen molar-refractivity contribution in [2.45, 2.75) is 50.4 Å². The summed E-state index contributed by atoms with van der Waals surface area (Å²) in [4.78, 5) is 12.3. The molecular formula is C14H17FN2O3. The number of halogens is 1. The maximum Gasteiger partial charge on any atom is 0.305 e. The largest absolute Gasteiger partial charge is 0.393 e. The fourth-order valence-corrected chi connectivity index (χ4v) is 3.53. The summed E-state index contributed by atoms with van der Waals surface area (Å²) in [6.07, 6.45) is 3.19. The number of aliphatic hydroxyl groups is 1. The second-order valence-corrected chi connectivity index (χ2v) is 5.69. The molecule has 0 aromatic heterocycles. The summed E-state index contributed by atoms with van der Waals surface area (Å²) in [6, 6.07) is 4.85. The Hall–Kier alpha value is -1.53. The van der Waals surface area contributed by atoms with Crippen molar-refractivity contribution in [3.05, 3.63) is 39.7 Å². The average molecular weight is 280 g/mol. The number of nitro groups is 1. The Labute approximate surface area is 116 Å². The maximum absolute atomic E-state index is 14.1. The van der Waals surface area contributed by atoms with Gasteiger partial charge in [-0.05, 0) is 25.7 Å². The molecule has 2 fully saturated rings. The normalized spacial score (nSPS) is 29.6. The zero-order chi connectivity index (χ0) is 14.3. The zero-order valence-electron chi connectivity index (χ0n) is 11.0. The summed E-state index contributed by atoms with van der Waals surface area (Å²) < 4.78 is 14.1. The quantitative estimate of drug-likeness (QED) is 0.681. The Morgan fingerprint density at radius 3 is 2.60 bits per heavy atom. The minimum atomic E-state index is -0.733. The Bertz CT molecular complexity index is 523. The molecule has 20 heavy (non-hydrogen) atoms. The number of rotatable bonds is 3. The van der Waals surface area contributed by atoms with Gasteiger partial charge in [0.15, 0.2) is 0 Å². The van der Waals surface area contributed by atoms with Crippen LogP contribution in [0.5, 0.6) is 0 Å². The molecule has 0 aliphatic carbocycles. The first-order valence-corrected chi connectivity index (χ1v) is 6.92. The van der Waals surface area contributed by atoms with E-state index in [-0.39, 0.29) is 18.2 Å². The Balaban J connectivity index is 1.82. The molecule has 2 bridgehead atoms. The summed E-state index contributed by atoms with van der Waals surface area (Å²) in [6.45, 7) is 0.384. The van der Waals surface area contributed by atoms with Crippen molar-refractivity contribution in [3.63, 3.8) is 0 Å². The van der Waals surface area contributed by atoms with Crippen molar-refractivity contribution in [3.8, 4) is 0 Å². The number of fused-ring (bicyclic) bond motifs is 2. The van der Waals surface area contributed by atoms with E-state index in [2.05, 4.69) is 4.90 Å². The number of hydrogen-bond donors (Lipinski definition) is 1. The molecule has 2 saturated heterocycles. The van der Waals surface area contributed by atoms with E-state index in [0.29, 0.717) is 24.9 Å². The third-order valence-corrected chi connectivity index (χ3v) is 4.47. The summed E-state index contributed by atoms with van der Waals surface area (Å²) in [5, 5.41) is 20.5. The molecule has 0 radical (unpaired) electrons. The third-order valence-electron chi connectivity index (χ3n) is 4.47. The number of nitro benzene ring substituents is 1. The maximum atomic E-state index is 14.1. The van der Waals surface area contributed by atoms with E-state index in [9.17, 15) is 19.6 Å². The Morgan fingerprint density at radius 1 is 1.35 bits per heavy atom. The van der Waals surface area contributed by atoms with Gasteiger partial charge < -0.3 is 5.11 Å². The molecule has 2 aliphatic rings. The molecule has 0 amide bonds. The van der Waals surface area contributed by atoms with Gasteiger partial charge in [-0.2, -0.15) is 4.39 Å². The lowest BCUT2D eigenvalue weighted by Gasteiger charge is -2.37. The summed E-state index contributed by atoms with van der Waals surface area (Å²) in [5.41, 5.74) is -0.0978. The molecule has 6 heteroatoms.